The Kier molecular flexibility index (Phi) is 3.62. The minimum Gasteiger partial charge on any atom is -0.362 e. The number of para-hydroxylation sites is 1. The molecule has 1 atom stereocenters. The van der Waals surface area contributed by atoms with Gasteiger partial charge < -0.3 is 10.2 Å². The Hall–Kier alpha value is -1.28. The maximum Gasteiger partial charge on any atom is 0.0624 e. The van der Waals surface area contributed by atoms with Gasteiger partial charge in [-0.1, -0.05) is 37.3 Å². The summed E-state index contributed by atoms with van der Waals surface area (Å²) in [6.45, 7) is 9.51. The summed E-state index contributed by atoms with van der Waals surface area (Å²) >= 11 is 0. The van der Waals surface area contributed by atoms with Crippen LogP contribution in [0.1, 0.15) is 13.3 Å². The maximum absolute atomic E-state index is 4.19. The second kappa shape index (κ2) is 5.17. The first kappa shape index (κ1) is 11.2. The Morgan fingerprint density at radius 3 is 2.88 bits per heavy atom. The van der Waals surface area contributed by atoms with Crippen molar-refractivity contribution in [2.45, 2.75) is 19.4 Å². The first-order chi connectivity index (χ1) is 7.83. The maximum atomic E-state index is 4.19. The van der Waals surface area contributed by atoms with E-state index in [2.05, 4.69) is 54.1 Å². The molecule has 1 aromatic carbocycles. The van der Waals surface area contributed by atoms with Crippen LogP contribution in [0.5, 0.6) is 0 Å². The van der Waals surface area contributed by atoms with Gasteiger partial charge in [-0.25, -0.2) is 0 Å². The van der Waals surface area contributed by atoms with Gasteiger partial charge in [-0.2, -0.15) is 0 Å². The summed E-state index contributed by atoms with van der Waals surface area (Å²) in [7, 11) is 0. The molecule has 1 heterocycles. The molecule has 0 saturated carbocycles. The van der Waals surface area contributed by atoms with E-state index in [1.54, 1.807) is 0 Å². The number of anilines is 1. The van der Waals surface area contributed by atoms with E-state index in [4.69, 9.17) is 0 Å². The van der Waals surface area contributed by atoms with Crippen molar-refractivity contribution in [3.05, 3.63) is 42.5 Å². The highest BCUT2D eigenvalue weighted by atomic mass is 15.2. The van der Waals surface area contributed by atoms with Gasteiger partial charge in [0.15, 0.2) is 0 Å². The van der Waals surface area contributed by atoms with Crippen molar-refractivity contribution in [1.82, 2.24) is 5.32 Å². The number of nitrogens with zero attached hydrogens (tertiary/aromatic N) is 1. The molecule has 1 aromatic rings. The standard InChI is InChI=1S/C14H20N2/c1-3-12(2)14-11-15-9-10-16(14)13-7-5-4-6-8-13/h4-8,14-15H,2-3,9-11H2,1H3. The van der Waals surface area contributed by atoms with Crippen LogP contribution in [-0.2, 0) is 0 Å². The normalized spacial score (nSPS) is 20.8. The Labute approximate surface area is 98.0 Å². The largest absolute Gasteiger partial charge is 0.362 e. The van der Waals surface area contributed by atoms with Crippen LogP contribution < -0.4 is 10.2 Å². The summed E-state index contributed by atoms with van der Waals surface area (Å²) in [4.78, 5) is 2.46. The predicted molar refractivity (Wildman–Crippen MR) is 69.9 cm³/mol. The smallest absolute Gasteiger partial charge is 0.0624 e. The van der Waals surface area contributed by atoms with Crippen molar-refractivity contribution >= 4 is 5.69 Å². The Balaban J connectivity index is 2.20. The van der Waals surface area contributed by atoms with Gasteiger partial charge in [-0.15, -0.1) is 0 Å². The molecular weight excluding hydrogens is 196 g/mol. The van der Waals surface area contributed by atoms with E-state index in [1.165, 1.54) is 11.3 Å². The summed E-state index contributed by atoms with van der Waals surface area (Å²) in [6.07, 6.45) is 1.05. The third kappa shape index (κ3) is 2.27. The van der Waals surface area contributed by atoms with Gasteiger partial charge in [-0.3, -0.25) is 0 Å². The number of benzene rings is 1. The van der Waals surface area contributed by atoms with Gasteiger partial charge in [-0.05, 0) is 18.6 Å². The third-order valence-electron chi connectivity index (χ3n) is 3.26. The zero-order valence-corrected chi connectivity index (χ0v) is 9.95. The topological polar surface area (TPSA) is 15.3 Å². The number of hydrogen-bond acceptors (Lipinski definition) is 2. The Morgan fingerprint density at radius 1 is 1.44 bits per heavy atom. The molecule has 0 bridgehead atoms. The SMILES string of the molecule is C=C(CC)C1CNCCN1c1ccccc1. The summed E-state index contributed by atoms with van der Waals surface area (Å²) in [5.41, 5.74) is 2.62. The van der Waals surface area contributed by atoms with Gasteiger partial charge in [0.25, 0.3) is 0 Å². The molecular formula is C14H20N2. The molecule has 2 rings (SSSR count). The van der Waals surface area contributed by atoms with E-state index in [-0.39, 0.29) is 0 Å². The van der Waals surface area contributed by atoms with E-state index in [9.17, 15) is 0 Å². The zero-order chi connectivity index (χ0) is 11.4. The Morgan fingerprint density at radius 2 is 2.19 bits per heavy atom. The average molecular weight is 216 g/mol. The molecule has 2 heteroatoms. The van der Waals surface area contributed by atoms with Crippen LogP contribution in [0.4, 0.5) is 5.69 Å². The van der Waals surface area contributed by atoms with Crippen molar-refractivity contribution in [2.75, 3.05) is 24.5 Å². The van der Waals surface area contributed by atoms with Crippen LogP contribution in [-0.4, -0.2) is 25.7 Å². The predicted octanol–water partition coefficient (Wildman–Crippen LogP) is 2.43. The van der Waals surface area contributed by atoms with Crippen molar-refractivity contribution in [2.24, 2.45) is 0 Å². The van der Waals surface area contributed by atoms with Crippen LogP contribution in [0.25, 0.3) is 0 Å². The lowest BCUT2D eigenvalue weighted by atomic mass is 10.0. The van der Waals surface area contributed by atoms with Gasteiger partial charge in [0, 0.05) is 25.3 Å². The van der Waals surface area contributed by atoms with Crippen molar-refractivity contribution in [1.29, 1.82) is 0 Å². The fraction of sp³-hybridized carbons (Fsp3) is 0.429. The molecule has 0 amide bonds. The van der Waals surface area contributed by atoms with Gasteiger partial charge in [0.2, 0.25) is 0 Å². The minimum absolute atomic E-state index is 0.446. The fourth-order valence-electron chi connectivity index (χ4n) is 2.23. The molecule has 1 fully saturated rings. The van der Waals surface area contributed by atoms with E-state index in [1.807, 2.05) is 0 Å². The molecule has 1 aliphatic heterocycles. The van der Waals surface area contributed by atoms with E-state index < -0.39 is 0 Å². The van der Waals surface area contributed by atoms with Gasteiger partial charge in [0.05, 0.1) is 6.04 Å². The second-order valence-corrected chi connectivity index (χ2v) is 4.26. The van der Waals surface area contributed by atoms with Crippen molar-refractivity contribution in [3.8, 4) is 0 Å². The number of nitrogens with one attached hydrogen (secondary N) is 1. The number of piperazine rings is 1. The quantitative estimate of drug-likeness (QED) is 0.781. The van der Waals surface area contributed by atoms with Gasteiger partial charge >= 0.3 is 0 Å². The molecule has 0 spiro atoms. The summed E-state index contributed by atoms with van der Waals surface area (Å²) < 4.78 is 0. The molecule has 0 radical (unpaired) electrons. The fourth-order valence-corrected chi connectivity index (χ4v) is 2.23. The first-order valence-electron chi connectivity index (χ1n) is 6.03. The lowest BCUT2D eigenvalue weighted by Crippen LogP contribution is -2.52. The first-order valence-corrected chi connectivity index (χ1v) is 6.03. The second-order valence-electron chi connectivity index (χ2n) is 4.26. The number of rotatable bonds is 3. The molecule has 1 aliphatic rings. The Bertz CT molecular complexity index is 345. The highest BCUT2D eigenvalue weighted by Gasteiger charge is 2.23. The van der Waals surface area contributed by atoms with E-state index in [0.29, 0.717) is 6.04 Å². The highest BCUT2D eigenvalue weighted by molar-refractivity contribution is 5.49. The summed E-state index contributed by atoms with van der Waals surface area (Å²) in [6, 6.07) is 11.1. The van der Waals surface area contributed by atoms with Crippen LogP contribution in [0, 0.1) is 0 Å². The monoisotopic (exact) mass is 216 g/mol. The van der Waals surface area contributed by atoms with Crippen LogP contribution in [0.2, 0.25) is 0 Å². The highest BCUT2D eigenvalue weighted by Crippen LogP contribution is 2.22. The summed E-state index contributed by atoms with van der Waals surface area (Å²) in [5.74, 6) is 0. The molecule has 1 saturated heterocycles. The van der Waals surface area contributed by atoms with Crippen LogP contribution in [0.3, 0.4) is 0 Å². The zero-order valence-electron chi connectivity index (χ0n) is 9.95. The lowest BCUT2D eigenvalue weighted by Gasteiger charge is -2.39. The summed E-state index contributed by atoms with van der Waals surface area (Å²) in [5, 5.41) is 3.45. The average Bonchev–Trinajstić information content (AvgIpc) is 2.39. The van der Waals surface area contributed by atoms with Crippen molar-refractivity contribution in [3.63, 3.8) is 0 Å². The van der Waals surface area contributed by atoms with Crippen LogP contribution in [0.15, 0.2) is 42.5 Å². The molecule has 86 valence electrons. The van der Waals surface area contributed by atoms with E-state index >= 15 is 0 Å². The molecule has 2 nitrogen and oxygen atoms in total. The third-order valence-corrected chi connectivity index (χ3v) is 3.26. The molecule has 0 aromatic heterocycles. The molecule has 1 N–H and O–H groups in total. The minimum atomic E-state index is 0.446. The van der Waals surface area contributed by atoms with Crippen LogP contribution >= 0.6 is 0 Å². The molecule has 1 unspecified atom stereocenters. The van der Waals surface area contributed by atoms with Crippen molar-refractivity contribution < 1.29 is 0 Å². The molecule has 16 heavy (non-hydrogen) atoms. The van der Waals surface area contributed by atoms with Gasteiger partial charge in [0.1, 0.15) is 0 Å². The molecule has 0 aliphatic carbocycles. The lowest BCUT2D eigenvalue weighted by molar-refractivity contribution is 0.509. The number of hydrogen-bond donors (Lipinski definition) is 1. The van der Waals surface area contributed by atoms with E-state index in [0.717, 1.165) is 26.1 Å².